The number of nitrogens with two attached hydrogens (primary N) is 1. The van der Waals surface area contributed by atoms with Gasteiger partial charge < -0.3 is 11.1 Å². The highest BCUT2D eigenvalue weighted by molar-refractivity contribution is 7.99. The van der Waals surface area contributed by atoms with Gasteiger partial charge in [0.2, 0.25) is 0 Å². The van der Waals surface area contributed by atoms with Gasteiger partial charge in [-0.05, 0) is 31.9 Å². The molecule has 2 fully saturated rings. The molecule has 0 atom stereocenters. The number of carbonyl (C=O) groups is 1. The first-order valence-electron chi connectivity index (χ1n) is 7.97. The molecule has 2 aliphatic rings. The van der Waals surface area contributed by atoms with E-state index in [1.807, 2.05) is 6.26 Å². The van der Waals surface area contributed by atoms with Crippen LogP contribution in [0.5, 0.6) is 0 Å². The number of anilines is 2. The lowest BCUT2D eigenvalue weighted by atomic mass is 10.1. The normalized spacial score (nSPS) is 20.2. The fourth-order valence-corrected chi connectivity index (χ4v) is 5.17. The molecule has 0 radical (unpaired) electrons. The zero-order valence-electron chi connectivity index (χ0n) is 12.6. The average Bonchev–Trinajstić information content (AvgIpc) is 3.28. The van der Waals surface area contributed by atoms with Gasteiger partial charge >= 0.3 is 0 Å². The molecule has 0 saturated heterocycles. The standard InChI is InChI=1S/C16H24N2OS2/c1-20-15-12(17)14(13(19)10-8-9-10)21-16(15)18-11-6-4-2-3-5-7-11/h10-11,18H,2-9,17H2,1H3. The van der Waals surface area contributed by atoms with E-state index in [0.29, 0.717) is 11.7 Å². The zero-order valence-corrected chi connectivity index (χ0v) is 14.2. The summed E-state index contributed by atoms with van der Waals surface area (Å²) in [6.07, 6.45) is 11.9. The van der Waals surface area contributed by atoms with Gasteiger partial charge in [0.15, 0.2) is 5.78 Å². The molecule has 1 heterocycles. The van der Waals surface area contributed by atoms with Crippen molar-refractivity contribution in [1.82, 2.24) is 0 Å². The average molecular weight is 325 g/mol. The molecule has 21 heavy (non-hydrogen) atoms. The number of hydrogen-bond acceptors (Lipinski definition) is 5. The Labute approximate surface area is 135 Å². The molecular weight excluding hydrogens is 300 g/mol. The number of thioether (sulfide) groups is 1. The van der Waals surface area contributed by atoms with Gasteiger partial charge in [-0.3, -0.25) is 4.79 Å². The minimum absolute atomic E-state index is 0.242. The topological polar surface area (TPSA) is 55.1 Å². The highest BCUT2D eigenvalue weighted by atomic mass is 32.2. The van der Waals surface area contributed by atoms with Crippen LogP contribution in [0.1, 0.15) is 61.0 Å². The molecule has 3 nitrogen and oxygen atoms in total. The molecule has 2 saturated carbocycles. The highest BCUT2D eigenvalue weighted by Gasteiger charge is 2.34. The maximum Gasteiger partial charge on any atom is 0.178 e. The third-order valence-electron chi connectivity index (χ3n) is 4.47. The van der Waals surface area contributed by atoms with Crippen LogP contribution < -0.4 is 11.1 Å². The number of nitrogen functional groups attached to an aromatic ring is 1. The van der Waals surface area contributed by atoms with E-state index in [4.69, 9.17) is 5.73 Å². The Bertz CT molecular complexity index is 515. The SMILES string of the molecule is CSc1c(NC2CCCCCC2)sc(C(=O)C2CC2)c1N. The number of rotatable bonds is 5. The zero-order chi connectivity index (χ0) is 14.8. The van der Waals surface area contributed by atoms with E-state index >= 15 is 0 Å². The van der Waals surface area contributed by atoms with Gasteiger partial charge in [0, 0.05) is 12.0 Å². The minimum atomic E-state index is 0.242. The Kier molecular flexibility index (Phi) is 4.79. The first-order valence-corrected chi connectivity index (χ1v) is 10.0. The van der Waals surface area contributed by atoms with Gasteiger partial charge in [-0.25, -0.2) is 0 Å². The molecule has 0 unspecified atom stereocenters. The number of nitrogens with one attached hydrogen (secondary N) is 1. The van der Waals surface area contributed by atoms with Crippen molar-refractivity contribution in [2.24, 2.45) is 5.92 Å². The molecule has 2 aliphatic carbocycles. The van der Waals surface area contributed by atoms with Crippen molar-refractivity contribution < 1.29 is 4.79 Å². The van der Waals surface area contributed by atoms with Crippen LogP contribution in [0, 0.1) is 5.92 Å². The Morgan fingerprint density at radius 1 is 1.19 bits per heavy atom. The Balaban J connectivity index is 1.79. The Hall–Kier alpha value is -0.680. The van der Waals surface area contributed by atoms with Crippen LogP contribution in [-0.2, 0) is 0 Å². The molecule has 0 spiro atoms. The number of ketones is 1. The summed E-state index contributed by atoms with van der Waals surface area (Å²) in [5.74, 6) is 0.508. The third kappa shape index (κ3) is 3.39. The van der Waals surface area contributed by atoms with Gasteiger partial charge in [0.25, 0.3) is 0 Å². The Morgan fingerprint density at radius 2 is 1.86 bits per heavy atom. The molecule has 5 heteroatoms. The number of hydrogen-bond donors (Lipinski definition) is 2. The predicted octanol–water partition coefficient (Wildman–Crippen LogP) is 4.78. The maximum absolute atomic E-state index is 12.3. The first kappa shape index (κ1) is 15.2. The van der Waals surface area contributed by atoms with Gasteiger partial charge in [-0.15, -0.1) is 23.1 Å². The van der Waals surface area contributed by atoms with Crippen LogP contribution in [0.25, 0.3) is 0 Å². The largest absolute Gasteiger partial charge is 0.396 e. The molecule has 0 aromatic carbocycles. The molecule has 1 aromatic rings. The van der Waals surface area contributed by atoms with E-state index in [1.165, 1.54) is 38.5 Å². The van der Waals surface area contributed by atoms with Crippen LogP contribution in [0.3, 0.4) is 0 Å². The van der Waals surface area contributed by atoms with E-state index in [1.54, 1.807) is 23.1 Å². The fourth-order valence-electron chi connectivity index (χ4n) is 3.05. The van der Waals surface area contributed by atoms with E-state index < -0.39 is 0 Å². The number of Topliss-reactive ketones (excluding diaryl/α,β-unsaturated/α-hetero) is 1. The third-order valence-corrected chi connectivity index (χ3v) is 6.58. The van der Waals surface area contributed by atoms with E-state index in [0.717, 1.165) is 27.6 Å². The minimum Gasteiger partial charge on any atom is -0.396 e. The quantitative estimate of drug-likeness (QED) is 0.465. The maximum atomic E-state index is 12.3. The lowest BCUT2D eigenvalue weighted by molar-refractivity contribution is 0.0972. The smallest absolute Gasteiger partial charge is 0.178 e. The van der Waals surface area contributed by atoms with E-state index in [9.17, 15) is 4.79 Å². The van der Waals surface area contributed by atoms with Crippen molar-refractivity contribution in [1.29, 1.82) is 0 Å². The van der Waals surface area contributed by atoms with Crippen molar-refractivity contribution >= 4 is 39.6 Å². The monoisotopic (exact) mass is 324 g/mol. The Morgan fingerprint density at radius 3 is 2.43 bits per heavy atom. The summed E-state index contributed by atoms with van der Waals surface area (Å²) in [7, 11) is 0. The van der Waals surface area contributed by atoms with E-state index in [-0.39, 0.29) is 11.7 Å². The van der Waals surface area contributed by atoms with Gasteiger partial charge in [0.05, 0.1) is 15.5 Å². The van der Waals surface area contributed by atoms with Crippen molar-refractivity contribution in [3.05, 3.63) is 4.88 Å². The van der Waals surface area contributed by atoms with Crippen LogP contribution in [0.15, 0.2) is 4.90 Å². The van der Waals surface area contributed by atoms with Crippen molar-refractivity contribution in [2.45, 2.75) is 62.3 Å². The highest BCUT2D eigenvalue weighted by Crippen LogP contribution is 2.45. The number of thiophene rings is 1. The van der Waals surface area contributed by atoms with Gasteiger partial charge in [-0.1, -0.05) is 25.7 Å². The lowest BCUT2D eigenvalue weighted by Gasteiger charge is -2.17. The second-order valence-electron chi connectivity index (χ2n) is 6.18. The predicted molar refractivity (Wildman–Crippen MR) is 92.7 cm³/mol. The molecular formula is C16H24N2OS2. The summed E-state index contributed by atoms with van der Waals surface area (Å²) < 4.78 is 0. The van der Waals surface area contributed by atoms with Crippen molar-refractivity contribution in [2.75, 3.05) is 17.3 Å². The molecule has 3 rings (SSSR count). The van der Waals surface area contributed by atoms with Crippen LogP contribution in [-0.4, -0.2) is 18.1 Å². The summed E-state index contributed by atoms with van der Waals surface area (Å²) in [5.41, 5.74) is 6.95. The molecule has 116 valence electrons. The summed E-state index contributed by atoms with van der Waals surface area (Å²) >= 11 is 3.24. The van der Waals surface area contributed by atoms with Crippen LogP contribution >= 0.6 is 23.1 Å². The van der Waals surface area contributed by atoms with Crippen LogP contribution in [0.4, 0.5) is 10.7 Å². The van der Waals surface area contributed by atoms with E-state index in [2.05, 4.69) is 5.32 Å². The molecule has 3 N–H and O–H groups in total. The molecule has 1 aromatic heterocycles. The summed E-state index contributed by atoms with van der Waals surface area (Å²) in [6, 6.07) is 0.542. The first-order chi connectivity index (χ1) is 10.2. The van der Waals surface area contributed by atoms with Crippen molar-refractivity contribution in [3.63, 3.8) is 0 Å². The summed E-state index contributed by atoms with van der Waals surface area (Å²) in [6.45, 7) is 0. The van der Waals surface area contributed by atoms with Crippen LogP contribution in [0.2, 0.25) is 0 Å². The molecule has 0 aliphatic heterocycles. The van der Waals surface area contributed by atoms with Gasteiger partial charge in [-0.2, -0.15) is 0 Å². The molecule has 0 bridgehead atoms. The number of carbonyl (C=O) groups excluding carboxylic acids is 1. The lowest BCUT2D eigenvalue weighted by Crippen LogP contribution is -2.17. The second-order valence-corrected chi connectivity index (χ2v) is 8.02. The molecule has 0 amide bonds. The second kappa shape index (κ2) is 6.61. The fraction of sp³-hybridized carbons (Fsp3) is 0.688. The summed E-state index contributed by atoms with van der Waals surface area (Å²) in [5, 5.41) is 4.80. The summed E-state index contributed by atoms with van der Waals surface area (Å²) in [4.78, 5) is 14.2. The van der Waals surface area contributed by atoms with Gasteiger partial charge in [0.1, 0.15) is 5.00 Å². The van der Waals surface area contributed by atoms with Crippen molar-refractivity contribution in [3.8, 4) is 0 Å².